The molecule has 0 bridgehead atoms. The van der Waals surface area contributed by atoms with Crippen LogP contribution in [0.3, 0.4) is 0 Å². The Kier molecular flexibility index (Phi) is 6.30. The maximum absolute atomic E-state index is 13.5. The molecule has 0 aliphatic heterocycles. The largest absolute Gasteiger partial charge is 0.484 e. The van der Waals surface area contributed by atoms with Crippen LogP contribution in [-0.4, -0.2) is 29.3 Å². The molecule has 0 aliphatic carbocycles. The number of anilines is 1. The first-order valence-electron chi connectivity index (χ1n) is 8.70. The van der Waals surface area contributed by atoms with Crippen molar-refractivity contribution in [2.24, 2.45) is 5.92 Å². The summed E-state index contributed by atoms with van der Waals surface area (Å²) in [6.45, 7) is 4.18. The molecule has 146 valence electrons. The molecule has 0 unspecified atom stereocenters. The molecule has 1 heterocycles. The molecule has 0 spiro atoms. The molecule has 1 amide bonds. The molecular formula is C20H19F2N3O2S. The van der Waals surface area contributed by atoms with Crippen LogP contribution in [0.4, 0.5) is 13.9 Å². The zero-order valence-electron chi connectivity index (χ0n) is 15.4. The highest BCUT2D eigenvalue weighted by Gasteiger charge is 2.22. The molecule has 2 aromatic carbocycles. The van der Waals surface area contributed by atoms with Crippen molar-refractivity contribution in [2.45, 2.75) is 13.8 Å². The van der Waals surface area contributed by atoms with Crippen molar-refractivity contribution >= 4 is 22.4 Å². The van der Waals surface area contributed by atoms with E-state index >= 15 is 0 Å². The molecule has 0 atom stereocenters. The molecule has 5 nitrogen and oxygen atoms in total. The third kappa shape index (κ3) is 5.10. The SMILES string of the molecule is CC(C)CN(C(=O)COc1ccc(F)cc1)c1nnc(-c2cccc(F)c2)s1. The van der Waals surface area contributed by atoms with Crippen LogP contribution in [0.1, 0.15) is 13.8 Å². The van der Waals surface area contributed by atoms with E-state index in [2.05, 4.69) is 10.2 Å². The summed E-state index contributed by atoms with van der Waals surface area (Å²) >= 11 is 1.21. The van der Waals surface area contributed by atoms with Gasteiger partial charge in [-0.25, -0.2) is 8.78 Å². The van der Waals surface area contributed by atoms with Crippen molar-refractivity contribution in [3.63, 3.8) is 0 Å². The zero-order chi connectivity index (χ0) is 20.1. The van der Waals surface area contributed by atoms with Crippen LogP contribution in [0.15, 0.2) is 48.5 Å². The predicted molar refractivity (Wildman–Crippen MR) is 104 cm³/mol. The fourth-order valence-electron chi connectivity index (χ4n) is 2.47. The number of rotatable bonds is 7. The Bertz CT molecular complexity index is 945. The summed E-state index contributed by atoms with van der Waals surface area (Å²) in [5.74, 6) is -0.441. The normalized spacial score (nSPS) is 10.9. The maximum Gasteiger partial charge on any atom is 0.266 e. The number of hydrogen-bond acceptors (Lipinski definition) is 5. The van der Waals surface area contributed by atoms with Gasteiger partial charge in [-0.3, -0.25) is 9.69 Å². The molecular weight excluding hydrogens is 384 g/mol. The van der Waals surface area contributed by atoms with Crippen molar-refractivity contribution in [3.05, 3.63) is 60.2 Å². The van der Waals surface area contributed by atoms with E-state index in [-0.39, 0.29) is 30.1 Å². The molecule has 0 aliphatic rings. The van der Waals surface area contributed by atoms with Crippen LogP contribution in [0, 0.1) is 17.6 Å². The van der Waals surface area contributed by atoms with Crippen molar-refractivity contribution in [3.8, 4) is 16.3 Å². The molecule has 1 aromatic heterocycles. The van der Waals surface area contributed by atoms with Gasteiger partial charge in [0.15, 0.2) is 6.61 Å². The van der Waals surface area contributed by atoms with E-state index in [4.69, 9.17) is 4.74 Å². The van der Waals surface area contributed by atoms with Gasteiger partial charge in [-0.05, 0) is 42.3 Å². The summed E-state index contributed by atoms with van der Waals surface area (Å²) in [5.41, 5.74) is 0.600. The third-order valence-corrected chi connectivity index (χ3v) is 4.74. The van der Waals surface area contributed by atoms with Crippen LogP contribution >= 0.6 is 11.3 Å². The fourth-order valence-corrected chi connectivity index (χ4v) is 3.34. The van der Waals surface area contributed by atoms with Gasteiger partial charge in [0.25, 0.3) is 5.91 Å². The number of benzene rings is 2. The van der Waals surface area contributed by atoms with Crippen molar-refractivity contribution < 1.29 is 18.3 Å². The molecule has 8 heteroatoms. The van der Waals surface area contributed by atoms with Crippen molar-refractivity contribution in [1.29, 1.82) is 0 Å². The summed E-state index contributed by atoms with van der Waals surface area (Å²) in [7, 11) is 0. The van der Waals surface area contributed by atoms with Gasteiger partial charge in [0.2, 0.25) is 5.13 Å². The first-order chi connectivity index (χ1) is 13.4. The van der Waals surface area contributed by atoms with E-state index in [0.717, 1.165) is 0 Å². The maximum atomic E-state index is 13.5. The molecule has 3 rings (SSSR count). The van der Waals surface area contributed by atoms with Crippen LogP contribution in [0.5, 0.6) is 5.75 Å². The van der Waals surface area contributed by atoms with Gasteiger partial charge in [0.05, 0.1) is 0 Å². The molecule has 0 N–H and O–H groups in total. The van der Waals surface area contributed by atoms with E-state index in [0.29, 0.717) is 28.0 Å². The highest BCUT2D eigenvalue weighted by atomic mass is 32.1. The number of ether oxygens (including phenoxy) is 1. The second-order valence-corrected chi connectivity index (χ2v) is 7.50. The van der Waals surface area contributed by atoms with Gasteiger partial charge < -0.3 is 4.74 Å². The minimum Gasteiger partial charge on any atom is -0.484 e. The average Bonchev–Trinajstić information content (AvgIpc) is 3.15. The number of carbonyl (C=O) groups excluding carboxylic acids is 1. The lowest BCUT2D eigenvalue weighted by Gasteiger charge is -2.21. The molecule has 0 saturated heterocycles. The van der Waals surface area contributed by atoms with Gasteiger partial charge >= 0.3 is 0 Å². The lowest BCUT2D eigenvalue weighted by molar-refractivity contribution is -0.120. The van der Waals surface area contributed by atoms with Crippen molar-refractivity contribution in [2.75, 3.05) is 18.1 Å². The average molecular weight is 403 g/mol. The lowest BCUT2D eigenvalue weighted by atomic mass is 10.2. The number of aromatic nitrogens is 2. The van der Waals surface area contributed by atoms with Gasteiger partial charge in [0, 0.05) is 12.1 Å². The molecule has 0 saturated carbocycles. The Labute approximate surface area is 165 Å². The minimum absolute atomic E-state index is 0.191. The number of carbonyl (C=O) groups is 1. The second-order valence-electron chi connectivity index (χ2n) is 6.54. The third-order valence-electron chi connectivity index (χ3n) is 3.74. The summed E-state index contributed by atoms with van der Waals surface area (Å²) in [6.07, 6.45) is 0. The first kappa shape index (κ1) is 19.9. The Hall–Kier alpha value is -2.87. The highest BCUT2D eigenvalue weighted by molar-refractivity contribution is 7.18. The van der Waals surface area contributed by atoms with Gasteiger partial charge in [-0.2, -0.15) is 0 Å². The Morgan fingerprint density at radius 2 is 1.86 bits per heavy atom. The van der Waals surface area contributed by atoms with Gasteiger partial charge in [0.1, 0.15) is 22.4 Å². The Balaban J connectivity index is 1.76. The van der Waals surface area contributed by atoms with E-state index in [1.54, 1.807) is 12.1 Å². The second kappa shape index (κ2) is 8.88. The molecule has 0 fully saturated rings. The quantitative estimate of drug-likeness (QED) is 0.581. The number of hydrogen-bond donors (Lipinski definition) is 0. The van der Waals surface area contributed by atoms with Gasteiger partial charge in [-0.1, -0.05) is 37.3 Å². The molecule has 3 aromatic rings. The van der Waals surface area contributed by atoms with Crippen LogP contribution < -0.4 is 9.64 Å². The molecule has 28 heavy (non-hydrogen) atoms. The number of halogens is 2. The van der Waals surface area contributed by atoms with Crippen LogP contribution in [-0.2, 0) is 4.79 Å². The fraction of sp³-hybridized carbons (Fsp3) is 0.250. The van der Waals surface area contributed by atoms with E-state index in [1.807, 2.05) is 13.8 Å². The smallest absolute Gasteiger partial charge is 0.266 e. The summed E-state index contributed by atoms with van der Waals surface area (Å²) < 4.78 is 31.9. The lowest BCUT2D eigenvalue weighted by Crippen LogP contribution is -2.37. The van der Waals surface area contributed by atoms with Gasteiger partial charge in [-0.15, -0.1) is 10.2 Å². The highest BCUT2D eigenvalue weighted by Crippen LogP contribution is 2.29. The summed E-state index contributed by atoms with van der Waals surface area (Å²) in [5, 5.41) is 9.14. The molecule has 0 radical (unpaired) electrons. The number of nitrogens with zero attached hydrogens (tertiary/aromatic N) is 3. The van der Waals surface area contributed by atoms with Crippen LogP contribution in [0.25, 0.3) is 10.6 Å². The van der Waals surface area contributed by atoms with Crippen molar-refractivity contribution in [1.82, 2.24) is 10.2 Å². The van der Waals surface area contributed by atoms with E-state index in [9.17, 15) is 13.6 Å². The standard InChI is InChI=1S/C20H19F2N3O2S/c1-13(2)11-25(18(26)12-27-17-8-6-15(21)7-9-17)20-24-23-19(28-20)14-4-3-5-16(22)10-14/h3-10,13H,11-12H2,1-2H3. The summed E-state index contributed by atoms with van der Waals surface area (Å²) in [4.78, 5) is 14.2. The zero-order valence-corrected chi connectivity index (χ0v) is 16.2. The van der Waals surface area contributed by atoms with E-state index < -0.39 is 0 Å². The summed E-state index contributed by atoms with van der Waals surface area (Å²) in [6, 6.07) is 11.5. The van der Waals surface area contributed by atoms with Crippen LogP contribution in [0.2, 0.25) is 0 Å². The minimum atomic E-state index is -0.376. The Morgan fingerprint density at radius 1 is 1.11 bits per heavy atom. The first-order valence-corrected chi connectivity index (χ1v) is 9.52. The monoisotopic (exact) mass is 403 g/mol. The Morgan fingerprint density at radius 3 is 2.54 bits per heavy atom. The topological polar surface area (TPSA) is 55.3 Å². The van der Waals surface area contributed by atoms with E-state index in [1.165, 1.54) is 52.6 Å². The number of amides is 1. The predicted octanol–water partition coefficient (Wildman–Crippen LogP) is 4.55.